The predicted molar refractivity (Wildman–Crippen MR) is 114 cm³/mol. The quantitative estimate of drug-likeness (QED) is 0.456. The van der Waals surface area contributed by atoms with Gasteiger partial charge in [0.15, 0.2) is 5.02 Å². The van der Waals surface area contributed by atoms with Crippen molar-refractivity contribution in [3.63, 3.8) is 0 Å². The molecule has 0 saturated carbocycles. The van der Waals surface area contributed by atoms with E-state index in [1.54, 1.807) is 18.2 Å². The Morgan fingerprint density at radius 3 is 2.55 bits per heavy atom. The number of imidazole rings is 1. The van der Waals surface area contributed by atoms with E-state index in [9.17, 15) is 28.3 Å². The zero-order valence-corrected chi connectivity index (χ0v) is 17.5. The molecule has 0 aliphatic carbocycles. The molecular formula is C21H15ClF2N4O5. The number of carbonyl (C=O) groups is 1. The Balaban J connectivity index is 1.65. The summed E-state index contributed by atoms with van der Waals surface area (Å²) in [5, 5.41) is 8.77. The van der Waals surface area contributed by atoms with Gasteiger partial charge in [-0.05, 0) is 24.3 Å². The summed E-state index contributed by atoms with van der Waals surface area (Å²) in [5.74, 6) is -2.66. The molecule has 9 nitrogen and oxygen atoms in total. The molecule has 0 saturated heterocycles. The van der Waals surface area contributed by atoms with Gasteiger partial charge in [0.1, 0.15) is 37.8 Å². The number of ether oxygens (including phenoxy) is 1. The molecule has 33 heavy (non-hydrogen) atoms. The van der Waals surface area contributed by atoms with E-state index in [0.717, 1.165) is 26.1 Å². The number of nitrogens with zero attached hydrogens (tertiary/aromatic N) is 4. The summed E-state index contributed by atoms with van der Waals surface area (Å²) in [7, 11) is 0. The third-order valence-electron chi connectivity index (χ3n) is 4.84. The first-order chi connectivity index (χ1) is 15.8. The maximum absolute atomic E-state index is 13.8. The van der Waals surface area contributed by atoms with Gasteiger partial charge in [-0.25, -0.2) is 23.1 Å². The Kier molecular flexibility index (Phi) is 6.07. The second kappa shape index (κ2) is 8.96. The van der Waals surface area contributed by atoms with E-state index < -0.39 is 40.4 Å². The Hall–Kier alpha value is -3.83. The van der Waals surface area contributed by atoms with E-state index in [1.165, 1.54) is 12.1 Å². The number of halogens is 3. The van der Waals surface area contributed by atoms with Crippen molar-refractivity contribution in [2.75, 3.05) is 6.61 Å². The highest BCUT2D eigenvalue weighted by Gasteiger charge is 2.19. The lowest BCUT2D eigenvalue weighted by atomic mass is 10.2. The lowest BCUT2D eigenvalue weighted by molar-refractivity contribution is 0.0818. The lowest BCUT2D eigenvalue weighted by Crippen LogP contribution is -2.34. The van der Waals surface area contributed by atoms with E-state index in [0.29, 0.717) is 11.6 Å². The predicted octanol–water partition coefficient (Wildman–Crippen LogP) is 2.01. The van der Waals surface area contributed by atoms with Crippen LogP contribution in [0.2, 0.25) is 5.02 Å². The van der Waals surface area contributed by atoms with Crippen LogP contribution in [0, 0.1) is 11.6 Å². The smallest absolute Gasteiger partial charge is 0.337 e. The van der Waals surface area contributed by atoms with Crippen LogP contribution in [0.5, 0.6) is 5.88 Å². The molecule has 0 atom stereocenters. The average Bonchev–Trinajstić information content (AvgIpc) is 3.08. The summed E-state index contributed by atoms with van der Waals surface area (Å²) >= 11 is 6.08. The summed E-state index contributed by atoms with van der Waals surface area (Å²) < 4.78 is 35.1. The molecule has 0 unspecified atom stereocenters. The molecule has 0 radical (unpaired) electrons. The molecule has 0 fully saturated rings. The zero-order valence-electron chi connectivity index (χ0n) is 16.7. The normalized spacial score (nSPS) is 11.2. The zero-order chi connectivity index (χ0) is 23.7. The van der Waals surface area contributed by atoms with Crippen LogP contribution in [-0.2, 0) is 13.3 Å². The number of aliphatic hydroxyl groups excluding tert-OH is 1. The number of benzene rings is 2. The number of hydrogen-bond donors (Lipinski definition) is 1. The first kappa shape index (κ1) is 22.4. The van der Waals surface area contributed by atoms with Crippen molar-refractivity contribution in [3.05, 3.63) is 91.9 Å². The van der Waals surface area contributed by atoms with Crippen LogP contribution >= 0.6 is 11.6 Å². The largest absolute Gasteiger partial charge is 0.471 e. The maximum atomic E-state index is 13.8. The molecule has 0 aliphatic rings. The number of para-hydroxylation sites is 2. The minimum absolute atomic E-state index is 0.0337. The number of rotatable bonds is 6. The molecule has 12 heteroatoms. The SMILES string of the molecule is O=C(CO)n1c(=O)n(Cn2cnc(OCc3ccc(F)cc3F)c(Cl)c2=O)c2ccccc21. The molecule has 1 N–H and O–H groups in total. The van der Waals surface area contributed by atoms with Gasteiger partial charge in [-0.15, -0.1) is 0 Å². The van der Waals surface area contributed by atoms with E-state index in [2.05, 4.69) is 4.98 Å². The highest BCUT2D eigenvalue weighted by atomic mass is 35.5. The molecule has 2 heterocycles. The second-order valence-electron chi connectivity index (χ2n) is 6.89. The molecule has 0 spiro atoms. The van der Waals surface area contributed by atoms with Gasteiger partial charge in [-0.1, -0.05) is 23.7 Å². The third kappa shape index (κ3) is 4.15. The number of hydrogen-bond acceptors (Lipinski definition) is 6. The van der Waals surface area contributed by atoms with Crippen LogP contribution < -0.4 is 16.0 Å². The summed E-state index contributed by atoms with van der Waals surface area (Å²) in [5.41, 5.74) is -0.871. The van der Waals surface area contributed by atoms with Crippen LogP contribution in [0.1, 0.15) is 10.4 Å². The Morgan fingerprint density at radius 2 is 1.85 bits per heavy atom. The molecule has 4 aromatic rings. The van der Waals surface area contributed by atoms with Crippen LogP contribution in [0.3, 0.4) is 0 Å². The molecule has 170 valence electrons. The average molecular weight is 477 g/mol. The molecule has 4 rings (SSSR count). The summed E-state index contributed by atoms with van der Waals surface area (Å²) in [6, 6.07) is 9.31. The fraction of sp³-hybridized carbons (Fsp3) is 0.143. The summed E-state index contributed by atoms with van der Waals surface area (Å²) in [4.78, 5) is 41.5. The van der Waals surface area contributed by atoms with Gasteiger partial charge in [0.25, 0.3) is 11.5 Å². The van der Waals surface area contributed by atoms with Gasteiger partial charge in [-0.3, -0.25) is 18.7 Å². The van der Waals surface area contributed by atoms with E-state index in [-0.39, 0.29) is 30.2 Å². The summed E-state index contributed by atoms with van der Waals surface area (Å²) in [6.07, 6.45) is 1.08. The van der Waals surface area contributed by atoms with Gasteiger partial charge in [0, 0.05) is 11.6 Å². The van der Waals surface area contributed by atoms with Crippen molar-refractivity contribution in [1.29, 1.82) is 0 Å². The van der Waals surface area contributed by atoms with Gasteiger partial charge < -0.3 is 9.84 Å². The number of carbonyl (C=O) groups excluding carboxylic acids is 1. The van der Waals surface area contributed by atoms with Gasteiger partial charge >= 0.3 is 5.69 Å². The molecular weight excluding hydrogens is 462 g/mol. The van der Waals surface area contributed by atoms with Crippen molar-refractivity contribution < 1.29 is 23.4 Å². The molecule has 2 aromatic heterocycles. The highest BCUT2D eigenvalue weighted by molar-refractivity contribution is 6.31. The monoisotopic (exact) mass is 476 g/mol. The molecule has 0 bridgehead atoms. The van der Waals surface area contributed by atoms with Crippen LogP contribution in [0.15, 0.2) is 58.4 Å². The van der Waals surface area contributed by atoms with Crippen molar-refractivity contribution in [2.24, 2.45) is 0 Å². The van der Waals surface area contributed by atoms with Gasteiger partial charge in [-0.2, -0.15) is 0 Å². The Bertz CT molecular complexity index is 1490. The van der Waals surface area contributed by atoms with Crippen molar-refractivity contribution >= 4 is 28.5 Å². The minimum Gasteiger partial charge on any atom is -0.471 e. The summed E-state index contributed by atoms with van der Waals surface area (Å²) in [6.45, 7) is -1.55. The first-order valence-corrected chi connectivity index (χ1v) is 9.85. The second-order valence-corrected chi connectivity index (χ2v) is 7.27. The van der Waals surface area contributed by atoms with Crippen molar-refractivity contribution in [2.45, 2.75) is 13.3 Å². The minimum atomic E-state index is -0.873. The van der Waals surface area contributed by atoms with E-state index in [4.69, 9.17) is 16.3 Å². The third-order valence-corrected chi connectivity index (χ3v) is 5.17. The lowest BCUT2D eigenvalue weighted by Gasteiger charge is -2.11. The van der Waals surface area contributed by atoms with Gasteiger partial charge in [0.05, 0.1) is 11.0 Å². The van der Waals surface area contributed by atoms with E-state index in [1.807, 2.05) is 0 Å². The van der Waals surface area contributed by atoms with Gasteiger partial charge in [0.2, 0.25) is 5.88 Å². The first-order valence-electron chi connectivity index (χ1n) is 9.47. The standard InChI is InChI=1S/C21H15ClF2N4O5/c22-18-19(33-9-12-5-6-13(23)7-14(12)24)25-10-26(20(18)31)11-27-15-3-1-2-4-16(15)28(21(27)32)17(30)8-29/h1-7,10,29H,8-9,11H2. The fourth-order valence-corrected chi connectivity index (χ4v) is 3.46. The Morgan fingerprint density at radius 1 is 1.12 bits per heavy atom. The fourth-order valence-electron chi connectivity index (χ4n) is 3.24. The highest BCUT2D eigenvalue weighted by Crippen LogP contribution is 2.19. The number of aliphatic hydroxyl groups is 1. The van der Waals surface area contributed by atoms with Crippen molar-refractivity contribution in [3.8, 4) is 5.88 Å². The van der Waals surface area contributed by atoms with Crippen molar-refractivity contribution in [1.82, 2.24) is 18.7 Å². The van der Waals surface area contributed by atoms with Crippen LogP contribution in [0.25, 0.3) is 11.0 Å². The Labute approximate surface area is 188 Å². The van der Waals surface area contributed by atoms with E-state index >= 15 is 0 Å². The number of fused-ring (bicyclic) bond motifs is 1. The van der Waals surface area contributed by atoms with Crippen LogP contribution in [0.4, 0.5) is 8.78 Å². The molecule has 0 amide bonds. The topological polar surface area (TPSA) is 108 Å². The van der Waals surface area contributed by atoms with Crippen LogP contribution in [-0.4, -0.2) is 36.3 Å². The number of aromatic nitrogens is 4. The molecule has 2 aromatic carbocycles. The molecule has 0 aliphatic heterocycles. The maximum Gasteiger partial charge on any atom is 0.337 e.